The van der Waals surface area contributed by atoms with Crippen LogP contribution in [-0.2, 0) is 0 Å². The van der Waals surface area contributed by atoms with E-state index in [0.717, 1.165) is 10.8 Å². The summed E-state index contributed by atoms with van der Waals surface area (Å²) < 4.78 is 167. The second-order valence-corrected chi connectivity index (χ2v) is 13.3. The molecule has 6 nitrogen and oxygen atoms in total. The van der Waals surface area contributed by atoms with Crippen LogP contribution >= 0.6 is 0 Å². The van der Waals surface area contributed by atoms with Crippen molar-refractivity contribution < 1.29 is 34.0 Å². The molecule has 278 valence electrons. The molecule has 0 bridgehead atoms. The highest BCUT2D eigenvalue weighted by Gasteiger charge is 2.21. The summed E-state index contributed by atoms with van der Waals surface area (Å²) >= 11 is 0. The van der Waals surface area contributed by atoms with Gasteiger partial charge in [-0.2, -0.15) is 0 Å². The molecule has 0 unspecified atom stereocenters. The Balaban J connectivity index is 1.05. The third-order valence-corrected chi connectivity index (χ3v) is 9.93. The lowest BCUT2D eigenvalue weighted by atomic mass is 9.95. The second-order valence-electron chi connectivity index (χ2n) is 13.3. The first-order valence-electron chi connectivity index (χ1n) is 27.2. The molecule has 0 atom stereocenters. The van der Waals surface area contributed by atoms with Crippen molar-refractivity contribution in [3.63, 3.8) is 0 Å². The minimum atomic E-state index is -3.25. The zero-order valence-corrected chi connectivity index (χ0v) is 30.3. The van der Waals surface area contributed by atoms with E-state index < -0.39 is 86.2 Å². The lowest BCUT2D eigenvalue weighted by Crippen LogP contribution is -2.31. The molecule has 0 aliphatic carbocycles. The maximum atomic E-state index is 9.00. The summed E-state index contributed by atoms with van der Waals surface area (Å²) in [4.78, 5) is 5.08. The summed E-state index contributed by atoms with van der Waals surface area (Å²) in [6, 6.07) is 28.6. The minimum absolute atomic E-state index is 0.0978. The Morgan fingerprint density at radius 3 is 2.05 bits per heavy atom. The number of anilines is 1. The fourth-order valence-electron chi connectivity index (χ4n) is 7.45. The van der Waals surface area contributed by atoms with E-state index in [-0.39, 0.29) is 39.4 Å². The van der Waals surface area contributed by atoms with E-state index in [1.54, 1.807) is 86.5 Å². The molecule has 0 amide bonds. The van der Waals surface area contributed by atoms with Gasteiger partial charge in [-0.25, -0.2) is 4.98 Å². The van der Waals surface area contributed by atoms with Gasteiger partial charge in [-0.05, 0) is 77.5 Å². The highest BCUT2D eigenvalue weighted by atomic mass is 16.5. The molecule has 1 fully saturated rings. The normalized spacial score (nSPS) is 20.8. The Morgan fingerprint density at radius 2 is 1.28 bits per heavy atom. The molecule has 3 aromatic heterocycles. The third-order valence-electron chi connectivity index (χ3n) is 9.93. The molecular formula is C52H39N5O. The highest BCUT2D eigenvalue weighted by Crippen LogP contribution is 2.37. The summed E-state index contributed by atoms with van der Waals surface area (Å²) in [5, 5.41) is 1.58. The zero-order valence-electron chi connectivity index (χ0n) is 48.3. The average molecular weight is 768 g/mol. The van der Waals surface area contributed by atoms with Crippen LogP contribution in [0.5, 0.6) is 11.5 Å². The van der Waals surface area contributed by atoms with Crippen LogP contribution in [0.2, 0.25) is 0 Å². The molecule has 1 aliphatic rings. The summed E-state index contributed by atoms with van der Waals surface area (Å²) in [5.74, 6) is 0.929. The van der Waals surface area contributed by atoms with Gasteiger partial charge in [0.15, 0.2) is 0 Å². The fourth-order valence-corrected chi connectivity index (χ4v) is 7.45. The van der Waals surface area contributed by atoms with Crippen LogP contribution in [0.4, 0.5) is 5.69 Å². The monoisotopic (exact) mass is 767 g/mol. The largest absolute Gasteiger partial charge is 0.458 e. The van der Waals surface area contributed by atoms with Crippen LogP contribution in [0, 0.1) is 6.33 Å². The first kappa shape index (κ1) is 20.1. The van der Waals surface area contributed by atoms with Gasteiger partial charge in [0, 0.05) is 58.7 Å². The van der Waals surface area contributed by atoms with Crippen molar-refractivity contribution in [2.24, 2.45) is 0 Å². The minimum Gasteiger partial charge on any atom is -0.458 e. The lowest BCUT2D eigenvalue weighted by molar-refractivity contribution is -0.571. The van der Waals surface area contributed by atoms with E-state index in [1.165, 1.54) is 24.4 Å². The Hall–Kier alpha value is -7.44. The molecule has 10 aromatic rings. The smallest absolute Gasteiger partial charge is 0.269 e. The third kappa shape index (κ3) is 5.89. The summed E-state index contributed by atoms with van der Waals surface area (Å²) in [5.41, 5.74) is 2.61. The van der Waals surface area contributed by atoms with Gasteiger partial charge in [-0.3, -0.25) is 13.7 Å². The number of pyridine rings is 1. The van der Waals surface area contributed by atoms with Crippen LogP contribution in [-0.4, -0.2) is 27.1 Å². The molecule has 4 heterocycles. The second kappa shape index (κ2) is 14.3. The van der Waals surface area contributed by atoms with Crippen LogP contribution < -0.4 is 14.2 Å². The number of ether oxygens (including phenoxy) is 1. The number of aromatic nitrogens is 4. The highest BCUT2D eigenvalue weighted by molar-refractivity contribution is 6.09. The van der Waals surface area contributed by atoms with Crippen molar-refractivity contribution in [1.29, 1.82) is 0 Å². The Kier molecular flexibility index (Phi) is 4.94. The van der Waals surface area contributed by atoms with Gasteiger partial charge in [0.2, 0.25) is 0 Å². The van der Waals surface area contributed by atoms with Gasteiger partial charge < -0.3 is 9.64 Å². The summed E-state index contributed by atoms with van der Waals surface area (Å²) in [7, 11) is 0. The molecular weight excluding hydrogens is 711 g/mol. The van der Waals surface area contributed by atoms with Crippen LogP contribution in [0.1, 0.15) is 37.4 Å². The van der Waals surface area contributed by atoms with E-state index in [9.17, 15) is 0 Å². The number of benzene rings is 7. The Morgan fingerprint density at radius 1 is 0.603 bits per heavy atom. The van der Waals surface area contributed by atoms with Gasteiger partial charge in [0.1, 0.15) is 17.3 Å². The average Bonchev–Trinajstić information content (AvgIpc) is 4.10. The van der Waals surface area contributed by atoms with E-state index >= 15 is 0 Å². The molecule has 0 saturated carbocycles. The van der Waals surface area contributed by atoms with Gasteiger partial charge in [-0.15, -0.1) is 0 Å². The van der Waals surface area contributed by atoms with Crippen molar-refractivity contribution >= 4 is 38.5 Å². The molecule has 6 heteroatoms. The summed E-state index contributed by atoms with van der Waals surface area (Å²) in [6.45, 7) is -6.23. The van der Waals surface area contributed by atoms with Crippen molar-refractivity contribution in [2.75, 3.05) is 17.9 Å². The first-order valence-corrected chi connectivity index (χ1v) is 18.2. The van der Waals surface area contributed by atoms with E-state index in [4.69, 9.17) is 29.4 Å². The Bertz CT molecular complexity index is 3930. The Labute approximate surface area is 362 Å². The van der Waals surface area contributed by atoms with Crippen LogP contribution in [0.15, 0.2) is 188 Å². The van der Waals surface area contributed by atoms with Crippen LogP contribution in [0.3, 0.4) is 0 Å². The zero-order chi connectivity index (χ0) is 54.3. The molecule has 0 N–H and O–H groups in total. The van der Waals surface area contributed by atoms with Gasteiger partial charge >= 0.3 is 0 Å². The van der Waals surface area contributed by atoms with Gasteiger partial charge in [-0.1, -0.05) is 127 Å². The van der Waals surface area contributed by atoms with Crippen molar-refractivity contribution in [3.8, 4) is 50.9 Å². The van der Waals surface area contributed by atoms with E-state index in [0.29, 0.717) is 44.2 Å². The number of fused-ring (bicyclic) bond motifs is 4. The number of nitrogens with zero attached hydrogens (tertiary/aromatic N) is 5. The topological polar surface area (TPSA) is 39.1 Å². The van der Waals surface area contributed by atoms with Gasteiger partial charge in [0.05, 0.1) is 47.1 Å². The maximum Gasteiger partial charge on any atom is 0.269 e. The maximum absolute atomic E-state index is 9.00. The predicted molar refractivity (Wildman–Crippen MR) is 235 cm³/mol. The lowest BCUT2D eigenvalue weighted by Gasteiger charge is -2.18. The number of hydrogen-bond donors (Lipinski definition) is 0. The SMILES string of the molecule is [2H]c1c([2H])c([2H])c(-c2cccc(-c3c([2H])c([2H])c([2H])c([2H])c3[2H])c2-[n+]2[c-]n(-c3cccc(Oc4ccc5c6ccccc6n(-c6cc(N7C([2H])([2H])C([2H])([2H])C([2H])([2H])C7([2H])[2H])ccn6)c5c4)c3)c3ccccc32)c([2H])c1[2H]. The molecule has 0 spiro atoms. The van der Waals surface area contributed by atoms with Crippen LogP contribution in [0.25, 0.3) is 72.3 Å². The quantitative estimate of drug-likeness (QED) is 0.114. The predicted octanol–water partition coefficient (Wildman–Crippen LogP) is 11.9. The molecule has 0 radical (unpaired) electrons. The molecule has 1 aliphatic heterocycles. The molecule has 7 aromatic carbocycles. The number of rotatable bonds is 8. The molecule has 11 rings (SSSR count). The molecule has 1 saturated heterocycles. The first-order chi connectivity index (χ1) is 35.9. The molecule has 58 heavy (non-hydrogen) atoms. The number of hydrogen-bond acceptors (Lipinski definition) is 3. The van der Waals surface area contributed by atoms with E-state index in [2.05, 4.69) is 11.3 Å². The number of para-hydroxylation sites is 4. The van der Waals surface area contributed by atoms with Crippen molar-refractivity contribution in [2.45, 2.75) is 12.7 Å². The van der Waals surface area contributed by atoms with Crippen molar-refractivity contribution in [3.05, 3.63) is 194 Å². The van der Waals surface area contributed by atoms with E-state index in [1.807, 2.05) is 30.3 Å². The standard InChI is InChI=1S/C52H39N5O/c1-3-15-37(16-4-1)43-22-14-23-44(38-17-5-2-6-18-38)52(43)56-36-55(48-25-9-10-26-49(48)56)40-19-13-20-41(33-40)58-42-27-28-46-45-21-7-8-24-47(45)57(50(46)35-42)51-34-39(29-30-53-51)54-31-11-12-32-54/h1-10,13-30,33-35H,11-12,31-32H2/i1D,2D,3D,4D,5D,6D,11D2,12D2,15D,16D,17D,18D,31D2,32D2. The van der Waals surface area contributed by atoms with Gasteiger partial charge in [0.25, 0.3) is 6.33 Å². The van der Waals surface area contributed by atoms with Crippen molar-refractivity contribution in [1.82, 2.24) is 14.1 Å². The number of imidazole rings is 1. The fraction of sp³-hybridized carbons (Fsp3) is 0.0769. The summed E-state index contributed by atoms with van der Waals surface area (Å²) in [6.07, 6.45) is -1.81.